The van der Waals surface area contributed by atoms with Crippen LogP contribution in [0, 0.1) is 0 Å². The summed E-state index contributed by atoms with van der Waals surface area (Å²) in [5, 5.41) is 11.1. The zero-order valence-corrected chi connectivity index (χ0v) is 22.1. The first-order chi connectivity index (χ1) is 20.3. The number of aromatic nitrogens is 3. The second kappa shape index (κ2) is 8.48. The fourth-order valence-corrected chi connectivity index (χ4v) is 6.58. The molecule has 0 atom stereocenters. The van der Waals surface area contributed by atoms with Crippen LogP contribution in [0.25, 0.3) is 82.2 Å². The van der Waals surface area contributed by atoms with Gasteiger partial charge >= 0.3 is 0 Å². The lowest BCUT2D eigenvalue weighted by atomic mass is 9.94. The van der Waals surface area contributed by atoms with Gasteiger partial charge in [-0.1, -0.05) is 121 Å². The van der Waals surface area contributed by atoms with Crippen molar-refractivity contribution in [2.24, 2.45) is 0 Å². The van der Waals surface area contributed by atoms with Crippen molar-refractivity contribution >= 4 is 65.0 Å². The van der Waals surface area contributed by atoms with Crippen molar-refractivity contribution in [1.29, 1.82) is 0 Å². The van der Waals surface area contributed by atoms with Crippen LogP contribution in [-0.2, 0) is 0 Å². The van der Waals surface area contributed by atoms with Gasteiger partial charge in [0.25, 0.3) is 0 Å². The van der Waals surface area contributed by atoms with Crippen molar-refractivity contribution in [3.8, 4) is 17.2 Å². The van der Waals surface area contributed by atoms with E-state index in [-0.39, 0.29) is 0 Å². The van der Waals surface area contributed by atoms with E-state index >= 15 is 0 Å². The third kappa shape index (κ3) is 3.20. The van der Waals surface area contributed by atoms with Gasteiger partial charge in [-0.15, -0.1) is 0 Å². The summed E-state index contributed by atoms with van der Waals surface area (Å²) in [6, 6.07) is 49.5. The first kappa shape index (κ1) is 22.3. The van der Waals surface area contributed by atoms with E-state index < -0.39 is 0 Å². The molecule has 2 aromatic heterocycles. The van der Waals surface area contributed by atoms with Gasteiger partial charge in [0.05, 0.1) is 22.2 Å². The lowest BCUT2D eigenvalue weighted by Gasteiger charge is -2.12. The van der Waals surface area contributed by atoms with Crippen LogP contribution < -0.4 is 0 Å². The molecule has 3 nitrogen and oxygen atoms in total. The molecule has 0 unspecified atom stereocenters. The fraction of sp³-hybridized carbons (Fsp3) is 0. The summed E-state index contributed by atoms with van der Waals surface area (Å²) in [5.41, 5.74) is 5.16. The molecule has 0 saturated carbocycles. The molecule has 0 N–H and O–H groups in total. The highest BCUT2D eigenvalue weighted by molar-refractivity contribution is 6.29. The Hall–Kier alpha value is -5.54. The topological polar surface area (TPSA) is 30.7 Å². The average molecular weight is 522 g/mol. The largest absolute Gasteiger partial charge is 0.278 e. The van der Waals surface area contributed by atoms with E-state index in [1.54, 1.807) is 0 Å². The van der Waals surface area contributed by atoms with Crippen molar-refractivity contribution in [2.45, 2.75) is 0 Å². The van der Waals surface area contributed by atoms with Crippen LogP contribution in [0.3, 0.4) is 0 Å². The Balaban J connectivity index is 1.43. The molecular weight excluding hydrogens is 498 g/mol. The van der Waals surface area contributed by atoms with E-state index in [1.165, 1.54) is 43.1 Å². The lowest BCUT2D eigenvalue weighted by molar-refractivity contribution is 1.01. The number of nitrogens with zero attached hydrogens (tertiary/aromatic N) is 3. The molecule has 0 radical (unpaired) electrons. The van der Waals surface area contributed by atoms with E-state index in [0.29, 0.717) is 5.95 Å². The van der Waals surface area contributed by atoms with Crippen molar-refractivity contribution in [3.63, 3.8) is 0 Å². The minimum atomic E-state index is 0.680. The van der Waals surface area contributed by atoms with Gasteiger partial charge in [0.15, 0.2) is 0 Å². The van der Waals surface area contributed by atoms with Gasteiger partial charge in [-0.3, -0.25) is 4.57 Å². The van der Waals surface area contributed by atoms with Gasteiger partial charge in [-0.2, -0.15) is 0 Å². The van der Waals surface area contributed by atoms with Gasteiger partial charge < -0.3 is 0 Å². The highest BCUT2D eigenvalue weighted by Gasteiger charge is 2.19. The van der Waals surface area contributed by atoms with E-state index in [1.807, 2.05) is 12.1 Å². The molecule has 0 saturated heterocycles. The quantitative estimate of drug-likeness (QED) is 0.212. The number of benzene rings is 7. The smallest absolute Gasteiger partial charge is 0.235 e. The average Bonchev–Trinajstić information content (AvgIpc) is 3.39. The Bertz CT molecular complexity index is 2470. The summed E-state index contributed by atoms with van der Waals surface area (Å²) in [6.07, 6.45) is 0. The predicted octanol–water partition coefficient (Wildman–Crippen LogP) is 9.85. The highest BCUT2D eigenvalue weighted by atomic mass is 15.2. The highest BCUT2D eigenvalue weighted by Crippen LogP contribution is 2.40. The minimum absolute atomic E-state index is 0.680. The van der Waals surface area contributed by atoms with Crippen LogP contribution in [0.1, 0.15) is 0 Å². The van der Waals surface area contributed by atoms with Crippen molar-refractivity contribution in [1.82, 2.24) is 14.5 Å². The molecule has 0 spiro atoms. The Kier molecular flexibility index (Phi) is 4.61. The molecule has 0 fully saturated rings. The number of hydrogen-bond donors (Lipinski definition) is 0. The van der Waals surface area contributed by atoms with E-state index in [4.69, 9.17) is 9.97 Å². The zero-order valence-electron chi connectivity index (χ0n) is 22.1. The molecule has 0 aliphatic rings. The van der Waals surface area contributed by atoms with Crippen LogP contribution in [0.4, 0.5) is 0 Å². The van der Waals surface area contributed by atoms with E-state index in [2.05, 4.69) is 132 Å². The Morgan fingerprint density at radius 1 is 0.390 bits per heavy atom. The van der Waals surface area contributed by atoms with E-state index in [0.717, 1.165) is 33.2 Å². The van der Waals surface area contributed by atoms with Gasteiger partial charge in [0, 0.05) is 21.7 Å². The minimum Gasteiger partial charge on any atom is -0.278 e. The molecule has 0 aliphatic heterocycles. The third-order valence-electron chi connectivity index (χ3n) is 8.38. The normalized spacial score (nSPS) is 11.9. The monoisotopic (exact) mass is 521 g/mol. The number of fused-ring (bicyclic) bond motifs is 10. The summed E-state index contributed by atoms with van der Waals surface area (Å²) < 4.78 is 2.23. The molecular formula is C38H23N3. The van der Waals surface area contributed by atoms with Crippen LogP contribution >= 0.6 is 0 Å². The molecule has 9 aromatic rings. The van der Waals surface area contributed by atoms with Gasteiger partial charge in [0.1, 0.15) is 0 Å². The second-order valence-electron chi connectivity index (χ2n) is 10.6. The third-order valence-corrected chi connectivity index (χ3v) is 8.38. The van der Waals surface area contributed by atoms with Gasteiger partial charge in [-0.05, 0) is 50.5 Å². The molecule has 7 aromatic carbocycles. The summed E-state index contributed by atoms with van der Waals surface area (Å²) in [6.45, 7) is 0. The zero-order chi connectivity index (χ0) is 26.9. The van der Waals surface area contributed by atoms with Crippen LogP contribution in [0.5, 0.6) is 0 Å². The molecule has 190 valence electrons. The van der Waals surface area contributed by atoms with E-state index in [9.17, 15) is 0 Å². The SMILES string of the molecule is c1ccc(-c2nc(-n3c4ccccc4c4c5ccc6ccc7ccccc7c6c5ccc43)nc3ccccc23)cc1. The van der Waals surface area contributed by atoms with Crippen LogP contribution in [0.15, 0.2) is 140 Å². The van der Waals surface area contributed by atoms with Crippen LogP contribution in [0.2, 0.25) is 0 Å². The molecule has 0 amide bonds. The van der Waals surface area contributed by atoms with Gasteiger partial charge in [-0.25, -0.2) is 9.97 Å². The van der Waals surface area contributed by atoms with Crippen molar-refractivity contribution < 1.29 is 0 Å². The molecule has 9 rings (SSSR count). The molecule has 41 heavy (non-hydrogen) atoms. The summed E-state index contributed by atoms with van der Waals surface area (Å²) in [7, 11) is 0. The number of rotatable bonds is 2. The first-order valence-corrected chi connectivity index (χ1v) is 13.9. The summed E-state index contributed by atoms with van der Waals surface area (Å²) in [4.78, 5) is 10.4. The van der Waals surface area contributed by atoms with Crippen LogP contribution in [-0.4, -0.2) is 14.5 Å². The van der Waals surface area contributed by atoms with Crippen molar-refractivity contribution in [2.75, 3.05) is 0 Å². The second-order valence-corrected chi connectivity index (χ2v) is 10.6. The maximum atomic E-state index is 5.24. The molecule has 0 bridgehead atoms. The standard InChI is InChI=1S/C38H23N3/c1-2-11-26(12-3-1)37-30-14-6-8-16-32(30)39-38(40-37)41-33-17-9-7-15-31(33)36-29-21-20-25-19-18-24-10-4-5-13-27(24)35(25)28(29)22-23-34(36)41/h1-23H. The Morgan fingerprint density at radius 2 is 1.05 bits per heavy atom. The maximum Gasteiger partial charge on any atom is 0.235 e. The lowest BCUT2D eigenvalue weighted by Crippen LogP contribution is -2.03. The molecule has 0 aliphatic carbocycles. The van der Waals surface area contributed by atoms with Crippen molar-refractivity contribution in [3.05, 3.63) is 140 Å². The molecule has 2 heterocycles. The Morgan fingerprint density at radius 3 is 1.95 bits per heavy atom. The first-order valence-electron chi connectivity index (χ1n) is 13.9. The number of para-hydroxylation sites is 2. The summed E-state index contributed by atoms with van der Waals surface area (Å²) >= 11 is 0. The maximum absolute atomic E-state index is 5.24. The molecule has 3 heteroatoms. The Labute approximate surface area is 235 Å². The number of hydrogen-bond acceptors (Lipinski definition) is 2. The van der Waals surface area contributed by atoms with Gasteiger partial charge in [0.2, 0.25) is 5.95 Å². The summed E-state index contributed by atoms with van der Waals surface area (Å²) in [5.74, 6) is 0.680. The fourth-order valence-electron chi connectivity index (χ4n) is 6.58. The predicted molar refractivity (Wildman–Crippen MR) is 172 cm³/mol.